The van der Waals surface area contributed by atoms with Gasteiger partial charge < -0.3 is 9.88 Å². The lowest BCUT2D eigenvalue weighted by Gasteiger charge is -2.18. The molecule has 4 heteroatoms. The highest BCUT2D eigenvalue weighted by atomic mass is 15.1. The summed E-state index contributed by atoms with van der Waals surface area (Å²) in [5, 5.41) is 5.24. The number of benzene rings is 2. The molecule has 1 saturated heterocycles. The third-order valence-electron chi connectivity index (χ3n) is 7.80. The summed E-state index contributed by atoms with van der Waals surface area (Å²) in [4.78, 5) is 6.93. The van der Waals surface area contributed by atoms with Gasteiger partial charge in [-0.2, -0.15) is 0 Å². The van der Waals surface area contributed by atoms with Gasteiger partial charge in [-0.15, -0.1) is 0 Å². The van der Waals surface area contributed by atoms with E-state index in [1.54, 1.807) is 5.57 Å². The van der Waals surface area contributed by atoms with Crippen molar-refractivity contribution in [2.24, 2.45) is 0 Å². The number of aromatic nitrogens is 2. The molecule has 0 spiro atoms. The van der Waals surface area contributed by atoms with Crippen molar-refractivity contribution >= 4 is 16.6 Å². The summed E-state index contributed by atoms with van der Waals surface area (Å²) in [5.41, 5.74) is 11.1. The van der Waals surface area contributed by atoms with Crippen molar-refractivity contribution in [3.63, 3.8) is 0 Å². The highest BCUT2D eigenvalue weighted by Gasteiger charge is 2.28. The van der Waals surface area contributed by atoms with E-state index in [1.807, 2.05) is 18.5 Å². The van der Waals surface area contributed by atoms with E-state index in [0.29, 0.717) is 5.92 Å². The first-order chi connectivity index (χ1) is 18.2. The molecule has 0 amide bonds. The molecule has 0 radical (unpaired) electrons. The van der Waals surface area contributed by atoms with Gasteiger partial charge in [-0.05, 0) is 79.1 Å². The van der Waals surface area contributed by atoms with Crippen molar-refractivity contribution in [1.82, 2.24) is 19.8 Å². The van der Waals surface area contributed by atoms with Crippen LogP contribution in [0.15, 0.2) is 78.6 Å². The molecule has 1 aliphatic heterocycles. The van der Waals surface area contributed by atoms with Crippen LogP contribution in [0.2, 0.25) is 0 Å². The molecule has 0 bridgehead atoms. The minimum atomic E-state index is 0.405. The second kappa shape index (κ2) is 10.5. The number of hydrogen-bond donors (Lipinski definition) is 1. The summed E-state index contributed by atoms with van der Waals surface area (Å²) in [7, 11) is 0. The summed E-state index contributed by atoms with van der Waals surface area (Å²) < 4.78 is 2.60. The average Bonchev–Trinajstić information content (AvgIpc) is 3.54. The number of rotatable bonds is 9. The zero-order valence-corrected chi connectivity index (χ0v) is 22.2. The van der Waals surface area contributed by atoms with E-state index in [4.69, 9.17) is 0 Å². The molecule has 2 aromatic heterocycles. The zero-order valence-electron chi connectivity index (χ0n) is 22.2. The Morgan fingerprint density at radius 1 is 0.892 bits per heavy atom. The van der Waals surface area contributed by atoms with E-state index >= 15 is 0 Å². The van der Waals surface area contributed by atoms with Crippen molar-refractivity contribution < 1.29 is 0 Å². The lowest BCUT2D eigenvalue weighted by atomic mass is 9.99. The first-order valence-corrected chi connectivity index (χ1v) is 13.9. The van der Waals surface area contributed by atoms with Crippen molar-refractivity contribution in [3.05, 3.63) is 107 Å². The van der Waals surface area contributed by atoms with Gasteiger partial charge in [-0.1, -0.05) is 62.4 Å². The third kappa shape index (κ3) is 5.21. The van der Waals surface area contributed by atoms with Gasteiger partial charge in [0.25, 0.3) is 0 Å². The maximum Gasteiger partial charge on any atom is 0.0496 e. The zero-order chi connectivity index (χ0) is 25.2. The van der Waals surface area contributed by atoms with Crippen LogP contribution in [0, 0.1) is 0 Å². The Morgan fingerprint density at radius 2 is 1.68 bits per heavy atom. The number of allylic oxidation sites excluding steroid dienone is 1. The van der Waals surface area contributed by atoms with Crippen LogP contribution < -0.4 is 5.32 Å². The molecule has 2 aliphatic rings. The molecule has 190 valence electrons. The molecule has 4 nitrogen and oxygen atoms in total. The lowest BCUT2D eigenvalue weighted by Crippen LogP contribution is -2.18. The van der Waals surface area contributed by atoms with Gasteiger partial charge in [0.1, 0.15) is 0 Å². The van der Waals surface area contributed by atoms with Crippen LogP contribution in [-0.2, 0) is 19.6 Å². The fourth-order valence-corrected chi connectivity index (χ4v) is 5.91. The van der Waals surface area contributed by atoms with Gasteiger partial charge in [0, 0.05) is 59.9 Å². The Morgan fingerprint density at radius 3 is 2.38 bits per heavy atom. The number of nitrogens with one attached hydrogen (secondary N) is 1. The lowest BCUT2D eigenvalue weighted by molar-refractivity contribution is 0.331. The molecule has 4 aromatic rings. The number of hydrogen-bond acceptors (Lipinski definition) is 3. The van der Waals surface area contributed by atoms with E-state index in [-0.39, 0.29) is 0 Å². The van der Waals surface area contributed by atoms with Gasteiger partial charge in [0.2, 0.25) is 0 Å². The minimum absolute atomic E-state index is 0.405. The second-order valence-corrected chi connectivity index (χ2v) is 11.0. The Kier molecular flexibility index (Phi) is 6.84. The highest BCUT2D eigenvalue weighted by molar-refractivity contribution is 5.96. The predicted molar refractivity (Wildman–Crippen MR) is 153 cm³/mol. The van der Waals surface area contributed by atoms with Crippen LogP contribution in [-0.4, -0.2) is 27.5 Å². The molecule has 1 saturated carbocycles. The summed E-state index contributed by atoms with van der Waals surface area (Å²) >= 11 is 0. The molecule has 2 fully saturated rings. The van der Waals surface area contributed by atoms with E-state index in [2.05, 4.69) is 88.2 Å². The minimum Gasteiger partial charge on any atom is -0.380 e. The average molecular weight is 491 g/mol. The van der Waals surface area contributed by atoms with Crippen LogP contribution in [0.4, 0.5) is 0 Å². The number of pyridine rings is 1. The van der Waals surface area contributed by atoms with Crippen LogP contribution in [0.5, 0.6) is 0 Å². The number of likely N-dealkylation sites (tertiary alicyclic amines) is 1. The topological polar surface area (TPSA) is 33.1 Å². The molecule has 6 rings (SSSR count). The number of fused-ring (bicyclic) bond motifs is 1. The molecule has 1 N–H and O–H groups in total. The van der Waals surface area contributed by atoms with Gasteiger partial charge in [-0.3, -0.25) is 9.88 Å². The summed E-state index contributed by atoms with van der Waals surface area (Å²) in [5.74, 6) is 0.405. The Labute approximate surface area is 221 Å². The molecule has 0 atom stereocenters. The Hall–Kier alpha value is -3.37. The van der Waals surface area contributed by atoms with Gasteiger partial charge in [0.15, 0.2) is 0 Å². The molecular formula is C33H38N4. The summed E-state index contributed by atoms with van der Waals surface area (Å²) in [6.45, 7) is 9.87. The van der Waals surface area contributed by atoms with Crippen LogP contribution in [0.25, 0.3) is 16.6 Å². The largest absolute Gasteiger partial charge is 0.380 e. The molecule has 37 heavy (non-hydrogen) atoms. The predicted octanol–water partition coefficient (Wildman–Crippen LogP) is 7.10. The fraction of sp³-hybridized carbons (Fsp3) is 0.364. The van der Waals surface area contributed by atoms with E-state index in [1.165, 1.54) is 83.3 Å². The summed E-state index contributed by atoms with van der Waals surface area (Å²) in [6, 6.07) is 22.4. The standard InChI is InChI=1S/C33H38N4/c1-24(2)33-31(32(28-13-14-28)35-21-27-11-8-16-34-20-27)29-15-12-26(22-36-17-6-7-18-36)19-30(29)37(33)23-25-9-4-3-5-10-25/h3-5,8-12,15-16,19-20,24,35H,6-7,13-14,17-18,21-23H2,1-2H3. The molecule has 0 unspecified atom stereocenters. The van der Waals surface area contributed by atoms with Crippen molar-refractivity contribution in [3.8, 4) is 0 Å². The number of nitrogens with zero attached hydrogens (tertiary/aromatic N) is 3. The summed E-state index contributed by atoms with van der Waals surface area (Å²) in [6.07, 6.45) is 8.84. The monoisotopic (exact) mass is 490 g/mol. The quantitative estimate of drug-likeness (QED) is 0.272. The third-order valence-corrected chi connectivity index (χ3v) is 7.80. The van der Waals surface area contributed by atoms with E-state index in [9.17, 15) is 0 Å². The first kappa shape index (κ1) is 24.0. The molecular weight excluding hydrogens is 452 g/mol. The molecule has 1 aliphatic carbocycles. The van der Waals surface area contributed by atoms with E-state index in [0.717, 1.165) is 19.6 Å². The van der Waals surface area contributed by atoms with Crippen LogP contribution >= 0.6 is 0 Å². The molecule has 3 heterocycles. The van der Waals surface area contributed by atoms with Gasteiger partial charge in [-0.25, -0.2) is 0 Å². The van der Waals surface area contributed by atoms with Crippen LogP contribution in [0.3, 0.4) is 0 Å². The first-order valence-electron chi connectivity index (χ1n) is 13.9. The maximum atomic E-state index is 4.33. The Balaban J connectivity index is 1.47. The Bertz CT molecular complexity index is 1390. The highest BCUT2D eigenvalue weighted by Crippen LogP contribution is 2.42. The smallest absolute Gasteiger partial charge is 0.0496 e. The fourth-order valence-electron chi connectivity index (χ4n) is 5.91. The second-order valence-electron chi connectivity index (χ2n) is 11.0. The van der Waals surface area contributed by atoms with E-state index < -0.39 is 0 Å². The van der Waals surface area contributed by atoms with Crippen molar-refractivity contribution in [2.75, 3.05) is 13.1 Å². The molecule has 2 aromatic carbocycles. The SMILES string of the molecule is CC(C)c1c(C(NCc2cccnc2)=C2CC2)c2ccc(CN3CCCC3)cc2n1Cc1ccccc1. The van der Waals surface area contributed by atoms with Crippen molar-refractivity contribution in [1.29, 1.82) is 0 Å². The van der Waals surface area contributed by atoms with Gasteiger partial charge >= 0.3 is 0 Å². The van der Waals surface area contributed by atoms with Crippen molar-refractivity contribution in [2.45, 2.75) is 65.1 Å². The van der Waals surface area contributed by atoms with Gasteiger partial charge in [0.05, 0.1) is 0 Å². The maximum absolute atomic E-state index is 4.33. The van der Waals surface area contributed by atoms with Crippen LogP contribution in [0.1, 0.15) is 73.4 Å². The normalized spacial score (nSPS) is 15.6.